The fourth-order valence-electron chi connectivity index (χ4n) is 9.71. The highest BCUT2D eigenvalue weighted by atomic mass is 32.1. The van der Waals surface area contributed by atoms with E-state index >= 15 is 0 Å². The van der Waals surface area contributed by atoms with Gasteiger partial charge in [-0.2, -0.15) is 0 Å². The molecule has 11 aromatic rings. The topological polar surface area (TPSA) is 4.93 Å². The highest BCUT2D eigenvalue weighted by Gasteiger charge is 2.21. The molecule has 0 saturated heterocycles. The summed E-state index contributed by atoms with van der Waals surface area (Å²) in [6.07, 6.45) is 3.38. The number of rotatable bonds is 7. The Morgan fingerprint density at radius 2 is 1.10 bits per heavy atom. The first-order chi connectivity index (χ1) is 29.6. The number of nitrogens with zero attached hydrogens (tertiary/aromatic N) is 1. The van der Waals surface area contributed by atoms with Gasteiger partial charge in [-0.3, -0.25) is 0 Å². The monoisotopic (exact) mass is 785 g/mol. The summed E-state index contributed by atoms with van der Waals surface area (Å²) < 4.78 is 5.16. The van der Waals surface area contributed by atoms with Crippen LogP contribution in [0.2, 0.25) is 0 Å². The van der Waals surface area contributed by atoms with Gasteiger partial charge in [-0.15, -0.1) is 11.3 Å². The lowest BCUT2D eigenvalue weighted by atomic mass is 9.83. The Kier molecular flexibility index (Phi) is 8.83. The van der Waals surface area contributed by atoms with E-state index in [2.05, 4.69) is 219 Å². The smallest absolute Gasteiger partial charge is 0.0537 e. The van der Waals surface area contributed by atoms with Gasteiger partial charge in [0.25, 0.3) is 0 Å². The molecular weight excluding hydrogens is 743 g/mol. The average Bonchev–Trinajstić information content (AvgIpc) is 3.82. The molecule has 0 amide bonds. The van der Waals surface area contributed by atoms with Crippen LogP contribution in [0.4, 0.5) is 0 Å². The van der Waals surface area contributed by atoms with Crippen molar-refractivity contribution in [3.05, 3.63) is 210 Å². The van der Waals surface area contributed by atoms with Crippen LogP contribution in [-0.4, -0.2) is 4.57 Å². The van der Waals surface area contributed by atoms with Gasteiger partial charge in [0, 0.05) is 31.2 Å². The van der Waals surface area contributed by atoms with E-state index in [4.69, 9.17) is 0 Å². The molecule has 1 nitrogen and oxygen atoms in total. The van der Waals surface area contributed by atoms with Crippen molar-refractivity contribution in [1.29, 1.82) is 0 Å². The van der Waals surface area contributed by atoms with Crippen molar-refractivity contribution in [2.45, 2.75) is 27.2 Å². The van der Waals surface area contributed by atoms with Crippen LogP contribution >= 0.6 is 11.3 Å². The minimum atomic E-state index is 0.931. The van der Waals surface area contributed by atoms with Gasteiger partial charge in [0.1, 0.15) is 0 Å². The third kappa shape index (κ3) is 5.82. The maximum absolute atomic E-state index is 2.46. The molecule has 0 N–H and O–H groups in total. The van der Waals surface area contributed by atoms with Gasteiger partial charge in [-0.25, -0.2) is 0 Å². The van der Waals surface area contributed by atoms with Crippen LogP contribution in [0, 0.1) is 13.8 Å². The van der Waals surface area contributed by atoms with Crippen molar-refractivity contribution < 1.29 is 0 Å². The molecule has 2 heteroatoms. The summed E-state index contributed by atoms with van der Waals surface area (Å²) in [5.74, 6) is 0. The molecule has 0 atom stereocenters. The lowest BCUT2D eigenvalue weighted by Gasteiger charge is -2.20. The number of allylic oxidation sites excluding steroid dienone is 1. The van der Waals surface area contributed by atoms with Crippen LogP contribution in [0.15, 0.2) is 188 Å². The zero-order valence-electron chi connectivity index (χ0n) is 34.0. The second-order valence-electron chi connectivity index (χ2n) is 16.0. The lowest BCUT2D eigenvalue weighted by molar-refractivity contribution is 1.09. The van der Waals surface area contributed by atoms with E-state index in [0.29, 0.717) is 0 Å². The summed E-state index contributed by atoms with van der Waals surface area (Å²) in [5, 5.41) is 9.09. The van der Waals surface area contributed by atoms with Gasteiger partial charge in [-0.05, 0) is 134 Å². The number of fused-ring (bicyclic) bond motifs is 6. The number of aromatic nitrogens is 1. The summed E-state index contributed by atoms with van der Waals surface area (Å²) in [5.41, 5.74) is 16.3. The Labute approximate surface area is 355 Å². The van der Waals surface area contributed by atoms with E-state index in [-0.39, 0.29) is 0 Å². The SMILES string of the molecule is CC/C(=C\c1c(C)c2ccccc2n1-c1ccc(-c2cc(C)c3c(-c4ccccc4)c4ccccc4c(-c4ccccc4)c3c2)cc1)c1cccc2c1sc1ccccc12. The number of hydrogen-bond acceptors (Lipinski definition) is 1. The summed E-state index contributed by atoms with van der Waals surface area (Å²) in [4.78, 5) is 0. The molecule has 0 aliphatic carbocycles. The Balaban J connectivity index is 1.08. The molecule has 0 fully saturated rings. The predicted octanol–water partition coefficient (Wildman–Crippen LogP) is 16.9. The van der Waals surface area contributed by atoms with Gasteiger partial charge in [0.15, 0.2) is 0 Å². The molecular formula is C58H43NS. The number of hydrogen-bond donors (Lipinski definition) is 0. The highest BCUT2D eigenvalue weighted by Crippen LogP contribution is 2.46. The Hall–Kier alpha value is -7.00. The molecule has 0 spiro atoms. The summed E-state index contributed by atoms with van der Waals surface area (Å²) in [6, 6.07) is 69.3. The largest absolute Gasteiger partial charge is 0.310 e. The van der Waals surface area contributed by atoms with Crippen LogP contribution < -0.4 is 0 Å². The molecule has 60 heavy (non-hydrogen) atoms. The zero-order valence-corrected chi connectivity index (χ0v) is 34.9. The van der Waals surface area contributed by atoms with E-state index in [1.165, 1.54) is 114 Å². The summed E-state index contributed by atoms with van der Waals surface area (Å²) in [7, 11) is 0. The van der Waals surface area contributed by atoms with Crippen molar-refractivity contribution in [3.8, 4) is 39.1 Å². The molecule has 286 valence electrons. The predicted molar refractivity (Wildman–Crippen MR) is 262 cm³/mol. The van der Waals surface area contributed by atoms with E-state index in [1.807, 2.05) is 11.3 Å². The molecule has 9 aromatic carbocycles. The average molecular weight is 786 g/mol. The van der Waals surface area contributed by atoms with Crippen molar-refractivity contribution in [2.75, 3.05) is 0 Å². The maximum atomic E-state index is 2.46. The molecule has 2 heterocycles. The van der Waals surface area contributed by atoms with Crippen molar-refractivity contribution in [3.63, 3.8) is 0 Å². The van der Waals surface area contributed by atoms with Crippen LogP contribution in [-0.2, 0) is 0 Å². The molecule has 0 radical (unpaired) electrons. The van der Waals surface area contributed by atoms with Crippen LogP contribution in [0.25, 0.3) is 103 Å². The Bertz CT molecular complexity index is 3450. The Morgan fingerprint density at radius 1 is 0.500 bits per heavy atom. The van der Waals surface area contributed by atoms with Crippen LogP contribution in [0.5, 0.6) is 0 Å². The van der Waals surface area contributed by atoms with Crippen molar-refractivity contribution in [1.82, 2.24) is 4.57 Å². The number of thiophene rings is 1. The first-order valence-corrected chi connectivity index (χ1v) is 21.8. The fourth-order valence-corrected chi connectivity index (χ4v) is 11.0. The second-order valence-corrected chi connectivity index (χ2v) is 17.0. The standard InChI is InChI=1S/C58H43NS/c1-4-39(46-26-17-27-50-47-23-14-16-29-54(47)60-58(46)50)36-53-38(3)45-22-13-15-28-52(45)59(53)44-32-30-40(31-33-44)43-34-37(2)55-51(35-43)56(41-18-7-5-8-19-41)48-24-11-12-25-49(48)57(55)42-20-9-6-10-21-42/h5-36H,4H2,1-3H3/b39-36+. The molecule has 11 rings (SSSR count). The number of aryl methyl sites for hydroxylation is 2. The van der Waals surface area contributed by atoms with E-state index in [9.17, 15) is 0 Å². The quantitative estimate of drug-likeness (QED) is 0.142. The number of para-hydroxylation sites is 1. The normalized spacial score (nSPS) is 12.1. The minimum absolute atomic E-state index is 0.931. The van der Waals surface area contributed by atoms with Gasteiger partial charge in [-0.1, -0.05) is 165 Å². The summed E-state index contributed by atoms with van der Waals surface area (Å²) >= 11 is 1.91. The second kappa shape index (κ2) is 14.7. The fraction of sp³-hybridized carbons (Fsp3) is 0.0690. The molecule has 0 aliphatic heterocycles. The van der Waals surface area contributed by atoms with E-state index in [0.717, 1.165) is 12.1 Å². The van der Waals surface area contributed by atoms with Gasteiger partial charge >= 0.3 is 0 Å². The molecule has 2 aromatic heterocycles. The van der Waals surface area contributed by atoms with E-state index in [1.54, 1.807) is 0 Å². The van der Waals surface area contributed by atoms with Crippen molar-refractivity contribution in [2.24, 2.45) is 0 Å². The van der Waals surface area contributed by atoms with Crippen molar-refractivity contribution >= 4 is 75.6 Å². The van der Waals surface area contributed by atoms with Gasteiger partial charge in [0.05, 0.1) is 11.2 Å². The number of benzene rings is 9. The highest BCUT2D eigenvalue weighted by molar-refractivity contribution is 7.26. The lowest BCUT2D eigenvalue weighted by Crippen LogP contribution is -1.98. The van der Waals surface area contributed by atoms with Crippen LogP contribution in [0.3, 0.4) is 0 Å². The molecule has 0 aliphatic rings. The van der Waals surface area contributed by atoms with Gasteiger partial charge in [0.2, 0.25) is 0 Å². The molecule has 0 unspecified atom stereocenters. The van der Waals surface area contributed by atoms with Gasteiger partial charge < -0.3 is 4.57 Å². The Morgan fingerprint density at radius 3 is 1.82 bits per heavy atom. The maximum Gasteiger partial charge on any atom is 0.0537 e. The first kappa shape index (κ1) is 36.1. The third-order valence-corrected chi connectivity index (χ3v) is 13.7. The molecule has 0 saturated carbocycles. The zero-order chi connectivity index (χ0) is 40.3. The first-order valence-electron chi connectivity index (χ1n) is 21.0. The third-order valence-electron chi connectivity index (χ3n) is 12.5. The van der Waals surface area contributed by atoms with E-state index < -0.39 is 0 Å². The molecule has 0 bridgehead atoms. The minimum Gasteiger partial charge on any atom is -0.310 e. The van der Waals surface area contributed by atoms with Crippen LogP contribution in [0.1, 0.15) is 35.7 Å². The summed E-state index contributed by atoms with van der Waals surface area (Å²) in [6.45, 7) is 6.85.